The average molecular weight is 362 g/mol. The molecule has 7 heteroatoms. The monoisotopic (exact) mass is 362 g/mol. The highest BCUT2D eigenvalue weighted by molar-refractivity contribution is 6.06. The predicted octanol–water partition coefficient (Wildman–Crippen LogP) is 2.20. The number of carbonyl (C=O) groups is 1. The highest BCUT2D eigenvalue weighted by Gasteiger charge is 2.12. The van der Waals surface area contributed by atoms with Gasteiger partial charge in [0.1, 0.15) is 17.8 Å². The summed E-state index contributed by atoms with van der Waals surface area (Å²) in [5, 5.41) is 8.64. The summed E-state index contributed by atoms with van der Waals surface area (Å²) in [4.78, 5) is 28.1. The van der Waals surface area contributed by atoms with E-state index in [9.17, 15) is 9.59 Å². The number of rotatable bonds is 5. The van der Waals surface area contributed by atoms with Crippen LogP contribution in [0, 0.1) is 0 Å². The quantitative estimate of drug-likeness (QED) is 0.570. The number of hydrogen-bond acceptors (Lipinski definition) is 4. The van der Waals surface area contributed by atoms with E-state index >= 15 is 0 Å². The summed E-state index contributed by atoms with van der Waals surface area (Å²) >= 11 is 0. The zero-order valence-electron chi connectivity index (χ0n) is 14.7. The van der Waals surface area contributed by atoms with Crippen molar-refractivity contribution < 1.29 is 9.53 Å². The lowest BCUT2D eigenvalue weighted by molar-refractivity contribution is -0.122. The van der Waals surface area contributed by atoms with Gasteiger partial charge in [0, 0.05) is 28.4 Å². The number of nitrogens with zero attached hydrogens (tertiary/aromatic N) is 2. The van der Waals surface area contributed by atoms with Gasteiger partial charge in [-0.2, -0.15) is 5.10 Å². The van der Waals surface area contributed by atoms with Gasteiger partial charge in [0.15, 0.2) is 0 Å². The van der Waals surface area contributed by atoms with E-state index < -0.39 is 0 Å². The Balaban J connectivity index is 1.54. The Kier molecular flexibility index (Phi) is 4.33. The second kappa shape index (κ2) is 6.95. The lowest BCUT2D eigenvalue weighted by Crippen LogP contribution is -2.33. The fourth-order valence-electron chi connectivity index (χ4n) is 3.12. The van der Waals surface area contributed by atoms with Crippen molar-refractivity contribution in [3.8, 4) is 5.75 Å². The average Bonchev–Trinajstić information content (AvgIpc) is 3.08. The van der Waals surface area contributed by atoms with Crippen molar-refractivity contribution in [2.45, 2.75) is 13.1 Å². The summed E-state index contributed by atoms with van der Waals surface area (Å²) in [6.07, 6.45) is 1.61. The predicted molar refractivity (Wildman–Crippen MR) is 103 cm³/mol. The molecule has 0 aliphatic heterocycles. The molecule has 0 fully saturated rings. The first kappa shape index (κ1) is 16.8. The van der Waals surface area contributed by atoms with Crippen LogP contribution in [-0.2, 0) is 17.9 Å². The molecule has 0 unspecified atom stereocenters. The normalized spacial score (nSPS) is 11.0. The van der Waals surface area contributed by atoms with Gasteiger partial charge in [-0.15, -0.1) is 0 Å². The topological polar surface area (TPSA) is 89.0 Å². The van der Waals surface area contributed by atoms with Crippen LogP contribution in [0.4, 0.5) is 0 Å². The SMILES string of the molecule is COc1ccccc1CNC(=O)Cn1ncc2c([nH]c3ccccc32)c1=O. The first-order chi connectivity index (χ1) is 13.2. The molecule has 0 radical (unpaired) electrons. The number of aromatic nitrogens is 3. The van der Waals surface area contributed by atoms with Gasteiger partial charge in [-0.05, 0) is 12.1 Å². The zero-order valence-corrected chi connectivity index (χ0v) is 14.7. The first-order valence-corrected chi connectivity index (χ1v) is 8.52. The van der Waals surface area contributed by atoms with Crippen molar-refractivity contribution in [1.29, 1.82) is 0 Å². The van der Waals surface area contributed by atoms with Crippen LogP contribution in [0.5, 0.6) is 5.75 Å². The molecule has 2 heterocycles. The Labute approximate surface area is 154 Å². The largest absolute Gasteiger partial charge is 0.496 e. The van der Waals surface area contributed by atoms with Crippen molar-refractivity contribution in [3.05, 3.63) is 70.6 Å². The van der Waals surface area contributed by atoms with Gasteiger partial charge in [-0.3, -0.25) is 9.59 Å². The van der Waals surface area contributed by atoms with Crippen LogP contribution >= 0.6 is 0 Å². The van der Waals surface area contributed by atoms with Crippen molar-refractivity contribution in [3.63, 3.8) is 0 Å². The highest BCUT2D eigenvalue weighted by Crippen LogP contribution is 2.21. The molecule has 4 rings (SSSR count). The third kappa shape index (κ3) is 3.15. The lowest BCUT2D eigenvalue weighted by Gasteiger charge is -2.10. The maximum absolute atomic E-state index is 12.7. The maximum atomic E-state index is 12.7. The molecule has 0 saturated heterocycles. The van der Waals surface area contributed by atoms with E-state index in [1.165, 1.54) is 0 Å². The van der Waals surface area contributed by atoms with Gasteiger partial charge in [-0.25, -0.2) is 4.68 Å². The Morgan fingerprint density at radius 2 is 1.93 bits per heavy atom. The summed E-state index contributed by atoms with van der Waals surface area (Å²) in [5.74, 6) is 0.401. The molecule has 0 bridgehead atoms. The minimum Gasteiger partial charge on any atom is -0.496 e. The van der Waals surface area contributed by atoms with Gasteiger partial charge >= 0.3 is 0 Å². The molecule has 0 atom stereocenters. The molecule has 0 spiro atoms. The molecule has 2 N–H and O–H groups in total. The summed E-state index contributed by atoms with van der Waals surface area (Å²) in [6.45, 7) is 0.158. The molecular formula is C20H18N4O3. The standard InChI is InChI=1S/C20H18N4O3/c1-27-17-9-5-2-6-13(17)10-21-18(25)12-24-20(26)19-15(11-22-24)14-7-3-4-8-16(14)23-19/h2-9,11,23H,10,12H2,1H3,(H,21,25). The number of H-pyrrole nitrogens is 1. The Morgan fingerprint density at radius 3 is 2.78 bits per heavy atom. The summed E-state index contributed by atoms with van der Waals surface area (Å²) in [5.41, 5.74) is 1.85. The molecule has 0 aliphatic rings. The number of amides is 1. The van der Waals surface area contributed by atoms with E-state index in [4.69, 9.17) is 4.74 Å². The molecular weight excluding hydrogens is 344 g/mol. The second-order valence-corrected chi connectivity index (χ2v) is 6.16. The van der Waals surface area contributed by atoms with Crippen LogP contribution in [0.1, 0.15) is 5.56 Å². The molecule has 27 heavy (non-hydrogen) atoms. The molecule has 4 aromatic rings. The zero-order chi connectivity index (χ0) is 18.8. The van der Waals surface area contributed by atoms with Gasteiger partial charge in [0.2, 0.25) is 5.91 Å². The van der Waals surface area contributed by atoms with Gasteiger partial charge < -0.3 is 15.0 Å². The Bertz CT molecular complexity index is 1190. The van der Waals surface area contributed by atoms with E-state index in [1.54, 1.807) is 13.3 Å². The third-order valence-electron chi connectivity index (χ3n) is 4.48. The lowest BCUT2D eigenvalue weighted by atomic mass is 10.2. The van der Waals surface area contributed by atoms with E-state index in [2.05, 4.69) is 15.4 Å². The fraction of sp³-hybridized carbons (Fsp3) is 0.150. The maximum Gasteiger partial charge on any atom is 0.291 e. The molecule has 0 saturated carbocycles. The number of hydrogen-bond donors (Lipinski definition) is 2. The number of ether oxygens (including phenoxy) is 1. The highest BCUT2D eigenvalue weighted by atomic mass is 16.5. The molecule has 1 amide bonds. The van der Waals surface area contributed by atoms with Crippen molar-refractivity contribution in [2.75, 3.05) is 7.11 Å². The van der Waals surface area contributed by atoms with E-state index in [0.717, 1.165) is 26.5 Å². The molecule has 2 aromatic heterocycles. The number of carbonyl (C=O) groups excluding carboxylic acids is 1. The third-order valence-corrected chi connectivity index (χ3v) is 4.48. The summed E-state index contributed by atoms with van der Waals surface area (Å²) in [7, 11) is 1.58. The molecule has 0 aliphatic carbocycles. The van der Waals surface area contributed by atoms with Crippen LogP contribution in [-0.4, -0.2) is 27.8 Å². The van der Waals surface area contributed by atoms with Crippen LogP contribution in [0.15, 0.2) is 59.5 Å². The fourth-order valence-corrected chi connectivity index (χ4v) is 3.12. The number of para-hydroxylation sites is 2. The summed E-state index contributed by atoms with van der Waals surface area (Å²) < 4.78 is 6.43. The van der Waals surface area contributed by atoms with E-state index in [-0.39, 0.29) is 18.0 Å². The van der Waals surface area contributed by atoms with Gasteiger partial charge in [-0.1, -0.05) is 36.4 Å². The molecule has 2 aromatic carbocycles. The molecule has 136 valence electrons. The van der Waals surface area contributed by atoms with Crippen LogP contribution in [0.25, 0.3) is 21.8 Å². The first-order valence-electron chi connectivity index (χ1n) is 8.52. The van der Waals surface area contributed by atoms with Crippen molar-refractivity contribution >= 4 is 27.7 Å². The number of aromatic amines is 1. The Morgan fingerprint density at radius 1 is 1.15 bits per heavy atom. The van der Waals surface area contributed by atoms with E-state index in [0.29, 0.717) is 17.8 Å². The molecule has 7 nitrogen and oxygen atoms in total. The summed E-state index contributed by atoms with van der Waals surface area (Å²) in [6, 6.07) is 15.1. The second-order valence-electron chi connectivity index (χ2n) is 6.16. The van der Waals surface area contributed by atoms with Crippen molar-refractivity contribution in [1.82, 2.24) is 20.1 Å². The smallest absolute Gasteiger partial charge is 0.291 e. The van der Waals surface area contributed by atoms with Crippen molar-refractivity contribution in [2.24, 2.45) is 0 Å². The minimum atomic E-state index is -0.323. The van der Waals surface area contributed by atoms with Crippen LogP contribution in [0.2, 0.25) is 0 Å². The van der Waals surface area contributed by atoms with Crippen LogP contribution in [0.3, 0.4) is 0 Å². The number of benzene rings is 2. The van der Waals surface area contributed by atoms with Gasteiger partial charge in [0.25, 0.3) is 5.56 Å². The van der Waals surface area contributed by atoms with Crippen LogP contribution < -0.4 is 15.6 Å². The number of methoxy groups -OCH3 is 1. The minimum absolute atomic E-state index is 0.153. The Hall–Kier alpha value is -3.61. The van der Waals surface area contributed by atoms with Gasteiger partial charge in [0.05, 0.1) is 13.3 Å². The number of nitrogens with one attached hydrogen (secondary N) is 2. The van der Waals surface area contributed by atoms with E-state index in [1.807, 2.05) is 48.5 Å². The number of fused-ring (bicyclic) bond motifs is 3.